The lowest BCUT2D eigenvalue weighted by Crippen LogP contribution is -1.98. The fraction of sp³-hybridized carbons (Fsp3) is 0.190. The zero-order valence-corrected chi connectivity index (χ0v) is 14.1. The number of methoxy groups -OCH3 is 1. The average molecular weight is 314 g/mol. The molecule has 3 aromatic rings. The third-order valence-electron chi connectivity index (χ3n) is 4.04. The Kier molecular flexibility index (Phi) is 4.27. The highest BCUT2D eigenvalue weighted by Gasteiger charge is 2.14. The van der Waals surface area contributed by atoms with Crippen LogP contribution in [0.2, 0.25) is 0 Å². The maximum absolute atomic E-state index is 9.62. The van der Waals surface area contributed by atoms with Crippen LogP contribution in [-0.2, 0) is 6.54 Å². The van der Waals surface area contributed by atoms with Gasteiger partial charge in [-0.2, -0.15) is 5.26 Å². The number of ether oxygens (including phenoxy) is 1. The van der Waals surface area contributed by atoms with Crippen LogP contribution in [0.15, 0.2) is 42.5 Å². The summed E-state index contributed by atoms with van der Waals surface area (Å²) >= 11 is 0. The Morgan fingerprint density at radius 1 is 1.12 bits per heavy atom. The van der Waals surface area contributed by atoms with Gasteiger partial charge in [0.05, 0.1) is 18.2 Å². The monoisotopic (exact) mass is 314 g/mol. The number of hydrogen-bond acceptors (Lipinski definition) is 2. The number of fused-ring (bicyclic) bond motifs is 1. The minimum absolute atomic E-state index is 0.641. The first-order valence-electron chi connectivity index (χ1n) is 7.87. The molecular weight excluding hydrogens is 296 g/mol. The lowest BCUT2D eigenvalue weighted by molar-refractivity contribution is 0.414. The van der Waals surface area contributed by atoms with Crippen molar-refractivity contribution in [3.05, 3.63) is 64.8 Å². The molecule has 2 aromatic carbocycles. The standard InChI is InChI=1S/C21H18N2O/c1-4-23-20(11-9-16-6-5-7-17(13-16)24-3)19(14-22)18-10-8-15(2)12-21(18)23/h5-8,10,12-13H,4H2,1-3H3. The molecule has 118 valence electrons. The molecule has 0 saturated heterocycles. The van der Waals surface area contributed by atoms with Crippen LogP contribution < -0.4 is 4.74 Å². The van der Waals surface area contributed by atoms with Gasteiger partial charge < -0.3 is 9.30 Å². The maximum Gasteiger partial charge on any atom is 0.120 e. The van der Waals surface area contributed by atoms with Crippen molar-refractivity contribution < 1.29 is 4.74 Å². The molecular formula is C21H18N2O. The molecule has 1 heterocycles. The molecule has 0 unspecified atom stereocenters. The Bertz CT molecular complexity index is 1010. The van der Waals surface area contributed by atoms with Crippen molar-refractivity contribution in [1.29, 1.82) is 5.26 Å². The minimum Gasteiger partial charge on any atom is -0.497 e. The summed E-state index contributed by atoms with van der Waals surface area (Å²) in [6.07, 6.45) is 0. The molecule has 3 nitrogen and oxygen atoms in total. The van der Waals surface area contributed by atoms with Gasteiger partial charge in [-0.15, -0.1) is 0 Å². The van der Waals surface area contributed by atoms with Crippen molar-refractivity contribution in [3.63, 3.8) is 0 Å². The van der Waals surface area contributed by atoms with Crippen LogP contribution in [0.4, 0.5) is 0 Å². The van der Waals surface area contributed by atoms with Gasteiger partial charge in [-0.05, 0) is 49.6 Å². The first-order valence-corrected chi connectivity index (χ1v) is 7.87. The first-order chi connectivity index (χ1) is 11.7. The molecule has 3 rings (SSSR count). The van der Waals surface area contributed by atoms with Gasteiger partial charge in [-0.25, -0.2) is 0 Å². The fourth-order valence-corrected chi connectivity index (χ4v) is 2.86. The molecule has 0 spiro atoms. The average Bonchev–Trinajstić information content (AvgIpc) is 2.91. The predicted octanol–water partition coefficient (Wildman–Crippen LogP) is 4.25. The number of nitriles is 1. The highest BCUT2D eigenvalue weighted by Crippen LogP contribution is 2.26. The van der Waals surface area contributed by atoms with Gasteiger partial charge in [0.15, 0.2) is 0 Å². The summed E-state index contributed by atoms with van der Waals surface area (Å²) in [5, 5.41) is 10.6. The second-order valence-electron chi connectivity index (χ2n) is 5.58. The van der Waals surface area contributed by atoms with Gasteiger partial charge in [-0.3, -0.25) is 0 Å². The zero-order valence-electron chi connectivity index (χ0n) is 14.1. The Morgan fingerprint density at radius 2 is 1.96 bits per heavy atom. The zero-order chi connectivity index (χ0) is 17.1. The maximum atomic E-state index is 9.62. The Balaban J connectivity index is 2.19. The molecule has 24 heavy (non-hydrogen) atoms. The Morgan fingerprint density at radius 3 is 2.67 bits per heavy atom. The number of benzene rings is 2. The van der Waals surface area contributed by atoms with E-state index in [0.717, 1.165) is 34.5 Å². The van der Waals surface area contributed by atoms with Crippen molar-refractivity contribution in [2.45, 2.75) is 20.4 Å². The molecule has 3 heteroatoms. The number of hydrogen-bond donors (Lipinski definition) is 0. The molecule has 0 fully saturated rings. The molecule has 0 amide bonds. The molecule has 0 aliphatic carbocycles. The Labute approximate surface area is 142 Å². The lowest BCUT2D eigenvalue weighted by Gasteiger charge is -2.03. The van der Waals surface area contributed by atoms with Crippen LogP contribution in [0.3, 0.4) is 0 Å². The second-order valence-corrected chi connectivity index (χ2v) is 5.58. The number of nitrogens with zero attached hydrogens (tertiary/aromatic N) is 2. The van der Waals surface area contributed by atoms with E-state index in [1.54, 1.807) is 7.11 Å². The summed E-state index contributed by atoms with van der Waals surface area (Å²) in [6.45, 7) is 4.89. The molecule has 0 radical (unpaired) electrons. The van der Waals surface area contributed by atoms with Gasteiger partial charge in [0.1, 0.15) is 17.5 Å². The van der Waals surface area contributed by atoms with E-state index in [-0.39, 0.29) is 0 Å². The topological polar surface area (TPSA) is 38.0 Å². The molecule has 0 aliphatic heterocycles. The SMILES string of the molecule is CCn1c(C#Cc2cccc(OC)c2)c(C#N)c2ccc(C)cc21. The quantitative estimate of drug-likeness (QED) is 0.663. The van der Waals surface area contributed by atoms with E-state index in [0.29, 0.717) is 5.56 Å². The summed E-state index contributed by atoms with van der Waals surface area (Å²) in [5.74, 6) is 7.13. The molecule has 0 atom stereocenters. The van der Waals surface area contributed by atoms with Gasteiger partial charge in [0.2, 0.25) is 0 Å². The molecule has 0 saturated carbocycles. The molecule has 0 N–H and O–H groups in total. The summed E-state index contributed by atoms with van der Waals surface area (Å²) < 4.78 is 7.34. The van der Waals surface area contributed by atoms with Crippen LogP contribution >= 0.6 is 0 Å². The number of aromatic nitrogens is 1. The molecule has 0 bridgehead atoms. The summed E-state index contributed by atoms with van der Waals surface area (Å²) in [6, 6.07) is 16.1. The van der Waals surface area contributed by atoms with Crippen molar-refractivity contribution >= 4 is 10.9 Å². The van der Waals surface area contributed by atoms with Crippen molar-refractivity contribution in [3.8, 4) is 23.7 Å². The smallest absolute Gasteiger partial charge is 0.120 e. The van der Waals surface area contributed by atoms with Gasteiger partial charge >= 0.3 is 0 Å². The molecule has 0 aliphatic rings. The minimum atomic E-state index is 0.641. The highest BCUT2D eigenvalue weighted by atomic mass is 16.5. The van der Waals surface area contributed by atoms with Crippen molar-refractivity contribution in [1.82, 2.24) is 4.57 Å². The van der Waals surface area contributed by atoms with Gasteiger partial charge in [0, 0.05) is 17.5 Å². The van der Waals surface area contributed by atoms with Crippen LogP contribution in [0, 0.1) is 30.1 Å². The van der Waals surface area contributed by atoms with Crippen molar-refractivity contribution in [2.24, 2.45) is 0 Å². The second kappa shape index (κ2) is 6.52. The third-order valence-corrected chi connectivity index (χ3v) is 4.04. The summed E-state index contributed by atoms with van der Waals surface area (Å²) in [7, 11) is 1.64. The van der Waals surface area contributed by atoms with E-state index in [9.17, 15) is 5.26 Å². The van der Waals surface area contributed by atoms with E-state index in [2.05, 4.69) is 42.4 Å². The van der Waals surface area contributed by atoms with E-state index >= 15 is 0 Å². The van der Waals surface area contributed by atoms with Crippen LogP contribution in [-0.4, -0.2) is 11.7 Å². The highest BCUT2D eigenvalue weighted by molar-refractivity contribution is 5.90. The predicted molar refractivity (Wildman–Crippen MR) is 96.0 cm³/mol. The third kappa shape index (κ3) is 2.73. The van der Waals surface area contributed by atoms with Gasteiger partial charge in [-0.1, -0.05) is 24.1 Å². The number of rotatable bonds is 2. The van der Waals surface area contributed by atoms with Crippen molar-refractivity contribution in [2.75, 3.05) is 7.11 Å². The fourth-order valence-electron chi connectivity index (χ4n) is 2.86. The van der Waals surface area contributed by atoms with Crippen LogP contribution in [0.5, 0.6) is 5.75 Å². The van der Waals surface area contributed by atoms with E-state index in [1.165, 1.54) is 5.56 Å². The van der Waals surface area contributed by atoms with E-state index in [4.69, 9.17) is 4.74 Å². The number of aryl methyl sites for hydroxylation is 2. The van der Waals surface area contributed by atoms with Gasteiger partial charge in [0.25, 0.3) is 0 Å². The van der Waals surface area contributed by atoms with E-state index < -0.39 is 0 Å². The normalized spacial score (nSPS) is 10.1. The van der Waals surface area contributed by atoms with Crippen LogP contribution in [0.25, 0.3) is 10.9 Å². The van der Waals surface area contributed by atoms with E-state index in [1.807, 2.05) is 36.4 Å². The first kappa shape index (κ1) is 15.7. The summed E-state index contributed by atoms with van der Waals surface area (Å²) in [4.78, 5) is 0. The lowest BCUT2D eigenvalue weighted by atomic mass is 10.1. The largest absolute Gasteiger partial charge is 0.497 e. The Hall–Kier alpha value is -3.17. The molecule has 1 aromatic heterocycles. The summed E-state index contributed by atoms with van der Waals surface area (Å²) in [5.41, 5.74) is 4.50. The van der Waals surface area contributed by atoms with Crippen LogP contribution in [0.1, 0.15) is 29.3 Å².